The monoisotopic (exact) mass is 469 g/mol. The first-order valence-corrected chi connectivity index (χ1v) is 12.6. The first kappa shape index (κ1) is 19.2. The van der Waals surface area contributed by atoms with Crippen LogP contribution in [-0.4, -0.2) is 14.4 Å². The maximum absolute atomic E-state index is 4.93. The van der Waals surface area contributed by atoms with Crippen LogP contribution in [0.15, 0.2) is 116 Å². The van der Waals surface area contributed by atoms with Crippen LogP contribution < -0.4 is 0 Å². The first-order valence-electron chi connectivity index (χ1n) is 12.6. The lowest BCUT2D eigenvalue weighted by Gasteiger charge is -2.15. The third kappa shape index (κ3) is 2.45. The van der Waals surface area contributed by atoms with Crippen LogP contribution >= 0.6 is 0 Å². The minimum absolute atomic E-state index is 0.977. The van der Waals surface area contributed by atoms with Gasteiger partial charge in [-0.05, 0) is 52.6 Å². The molecule has 0 aliphatic carbocycles. The SMILES string of the molecule is c1cnc2c(c1)ccc1cc(-c3cc4cccc5c4c(c3)c3cccc4c6ccccc6n5c34)ncc12. The minimum Gasteiger partial charge on any atom is -0.308 e. The summed E-state index contributed by atoms with van der Waals surface area (Å²) in [6, 6.07) is 37.3. The number of hydrogen-bond acceptors (Lipinski definition) is 2. The van der Waals surface area contributed by atoms with Crippen LogP contribution in [0.25, 0.3) is 81.8 Å². The highest BCUT2D eigenvalue weighted by Crippen LogP contribution is 2.42. The number of nitrogens with zero attached hydrogens (tertiary/aromatic N) is 3. The Morgan fingerprint density at radius 3 is 2.27 bits per heavy atom. The molecule has 9 rings (SSSR count). The molecule has 0 spiro atoms. The second-order valence-electron chi connectivity index (χ2n) is 9.88. The van der Waals surface area contributed by atoms with Crippen LogP contribution in [0.1, 0.15) is 0 Å². The van der Waals surface area contributed by atoms with Gasteiger partial charge in [0.15, 0.2) is 0 Å². The predicted octanol–water partition coefficient (Wildman–Crippen LogP) is 8.75. The average molecular weight is 470 g/mol. The lowest BCUT2D eigenvalue weighted by Crippen LogP contribution is -1.94. The van der Waals surface area contributed by atoms with E-state index in [1.54, 1.807) is 0 Å². The molecule has 0 saturated heterocycles. The number of hydrogen-bond donors (Lipinski definition) is 0. The van der Waals surface area contributed by atoms with Crippen molar-refractivity contribution in [1.29, 1.82) is 0 Å². The van der Waals surface area contributed by atoms with E-state index in [9.17, 15) is 0 Å². The molecule has 3 nitrogen and oxygen atoms in total. The maximum atomic E-state index is 4.93. The fraction of sp³-hybridized carbons (Fsp3) is 0. The van der Waals surface area contributed by atoms with Gasteiger partial charge >= 0.3 is 0 Å². The summed E-state index contributed by atoms with van der Waals surface area (Å²) in [6.45, 7) is 0. The van der Waals surface area contributed by atoms with Crippen molar-refractivity contribution in [2.24, 2.45) is 0 Å². The Labute approximate surface area is 211 Å². The zero-order valence-electron chi connectivity index (χ0n) is 19.8. The Morgan fingerprint density at radius 1 is 0.514 bits per heavy atom. The molecule has 4 aromatic heterocycles. The summed E-state index contributed by atoms with van der Waals surface area (Å²) >= 11 is 0. The zero-order chi connectivity index (χ0) is 24.1. The number of rotatable bonds is 1. The van der Waals surface area contributed by atoms with E-state index in [1.807, 2.05) is 18.5 Å². The van der Waals surface area contributed by atoms with Crippen LogP contribution in [-0.2, 0) is 0 Å². The molecule has 0 N–H and O–H groups in total. The van der Waals surface area contributed by atoms with Gasteiger partial charge in [-0.25, -0.2) is 0 Å². The molecule has 37 heavy (non-hydrogen) atoms. The number of pyridine rings is 3. The Morgan fingerprint density at radius 2 is 1.30 bits per heavy atom. The van der Waals surface area contributed by atoms with Crippen molar-refractivity contribution in [3.63, 3.8) is 0 Å². The van der Waals surface area contributed by atoms with Crippen LogP contribution in [0.2, 0.25) is 0 Å². The second kappa shape index (κ2) is 6.80. The molecule has 0 saturated carbocycles. The van der Waals surface area contributed by atoms with Gasteiger partial charge < -0.3 is 4.40 Å². The summed E-state index contributed by atoms with van der Waals surface area (Å²) in [5, 5.41) is 11.0. The fourth-order valence-corrected chi connectivity index (χ4v) is 6.36. The molecule has 0 atom stereocenters. The number of benzene rings is 5. The van der Waals surface area contributed by atoms with Gasteiger partial charge in [-0.1, -0.05) is 66.7 Å². The molecule has 4 heterocycles. The zero-order valence-corrected chi connectivity index (χ0v) is 19.8. The van der Waals surface area contributed by atoms with Gasteiger partial charge in [-0.3, -0.25) is 9.97 Å². The van der Waals surface area contributed by atoms with Crippen molar-refractivity contribution >= 4 is 70.5 Å². The summed E-state index contributed by atoms with van der Waals surface area (Å²) in [5.74, 6) is 0. The van der Waals surface area contributed by atoms with E-state index < -0.39 is 0 Å². The van der Waals surface area contributed by atoms with Gasteiger partial charge in [0.2, 0.25) is 0 Å². The van der Waals surface area contributed by atoms with E-state index in [2.05, 4.69) is 106 Å². The van der Waals surface area contributed by atoms with Gasteiger partial charge in [0.25, 0.3) is 0 Å². The van der Waals surface area contributed by atoms with Crippen molar-refractivity contribution in [3.05, 3.63) is 116 Å². The van der Waals surface area contributed by atoms with Gasteiger partial charge in [0, 0.05) is 50.3 Å². The second-order valence-corrected chi connectivity index (χ2v) is 9.88. The van der Waals surface area contributed by atoms with E-state index in [-0.39, 0.29) is 0 Å². The highest BCUT2D eigenvalue weighted by molar-refractivity contribution is 6.27. The molecule has 0 aliphatic rings. The Kier molecular flexibility index (Phi) is 3.53. The predicted molar refractivity (Wildman–Crippen MR) is 155 cm³/mol. The topological polar surface area (TPSA) is 30.2 Å². The number of para-hydroxylation sites is 2. The smallest absolute Gasteiger partial charge is 0.0795 e. The largest absolute Gasteiger partial charge is 0.308 e. The summed E-state index contributed by atoms with van der Waals surface area (Å²) in [4.78, 5) is 9.55. The van der Waals surface area contributed by atoms with Crippen molar-refractivity contribution in [2.45, 2.75) is 0 Å². The number of fused-ring (bicyclic) bond motifs is 8. The molecular weight excluding hydrogens is 450 g/mol. The third-order valence-electron chi connectivity index (χ3n) is 7.95. The Hall–Kier alpha value is -5.02. The maximum Gasteiger partial charge on any atom is 0.0795 e. The van der Waals surface area contributed by atoms with Crippen molar-refractivity contribution < 1.29 is 0 Å². The highest BCUT2D eigenvalue weighted by atomic mass is 14.9. The molecule has 0 unspecified atom stereocenters. The van der Waals surface area contributed by atoms with E-state index in [0.29, 0.717) is 0 Å². The van der Waals surface area contributed by atoms with E-state index >= 15 is 0 Å². The van der Waals surface area contributed by atoms with Gasteiger partial charge in [0.1, 0.15) is 0 Å². The Bertz CT molecular complexity index is 2360. The van der Waals surface area contributed by atoms with Crippen LogP contribution in [0, 0.1) is 0 Å². The first-order chi connectivity index (χ1) is 18.3. The van der Waals surface area contributed by atoms with Crippen LogP contribution in [0.4, 0.5) is 0 Å². The molecule has 5 aromatic carbocycles. The normalized spacial score (nSPS) is 12.3. The summed E-state index contributed by atoms with van der Waals surface area (Å²) in [7, 11) is 0. The molecular formula is C34H19N3. The van der Waals surface area contributed by atoms with Crippen LogP contribution in [0.5, 0.6) is 0 Å². The molecule has 9 aromatic rings. The average Bonchev–Trinajstić information content (AvgIpc) is 3.30. The van der Waals surface area contributed by atoms with Crippen molar-refractivity contribution in [3.8, 4) is 11.3 Å². The molecule has 0 amide bonds. The lowest BCUT2D eigenvalue weighted by molar-refractivity contribution is 1.34. The Balaban J connectivity index is 1.41. The molecule has 0 aliphatic heterocycles. The summed E-state index contributed by atoms with van der Waals surface area (Å²) < 4.78 is 2.45. The third-order valence-corrected chi connectivity index (χ3v) is 7.95. The molecule has 170 valence electrons. The van der Waals surface area contributed by atoms with Crippen molar-refractivity contribution in [2.75, 3.05) is 0 Å². The lowest BCUT2D eigenvalue weighted by atomic mass is 9.95. The van der Waals surface area contributed by atoms with Crippen LogP contribution in [0.3, 0.4) is 0 Å². The molecule has 0 fully saturated rings. The van der Waals surface area contributed by atoms with E-state index in [1.165, 1.54) is 48.9 Å². The molecule has 0 bridgehead atoms. The van der Waals surface area contributed by atoms with Gasteiger partial charge in [0.05, 0.1) is 27.8 Å². The van der Waals surface area contributed by atoms with E-state index in [4.69, 9.17) is 4.98 Å². The molecule has 3 heteroatoms. The van der Waals surface area contributed by atoms with Gasteiger partial charge in [-0.15, -0.1) is 0 Å². The standard InChI is InChI=1S/C34H19N3/c1-2-11-30-24(8-1)25-9-4-10-26-27-17-23(16-22-6-3-12-31(32(22)27)37(30)34(25)26)29-18-21-14-13-20-7-5-15-35-33(20)28(21)19-36-29/h1-19H. The van der Waals surface area contributed by atoms with Crippen molar-refractivity contribution in [1.82, 2.24) is 14.4 Å². The number of aromatic nitrogens is 3. The van der Waals surface area contributed by atoms with Gasteiger partial charge in [-0.2, -0.15) is 0 Å². The molecule has 0 radical (unpaired) electrons. The fourth-order valence-electron chi connectivity index (χ4n) is 6.36. The quantitative estimate of drug-likeness (QED) is 0.178. The summed E-state index contributed by atoms with van der Waals surface area (Å²) in [6.07, 6.45) is 3.83. The minimum atomic E-state index is 0.977. The highest BCUT2D eigenvalue weighted by Gasteiger charge is 2.18. The van der Waals surface area contributed by atoms with E-state index in [0.717, 1.165) is 32.9 Å². The summed E-state index contributed by atoms with van der Waals surface area (Å²) in [5.41, 5.74) is 6.88.